The summed E-state index contributed by atoms with van der Waals surface area (Å²) in [6.07, 6.45) is 4.92. The van der Waals surface area contributed by atoms with E-state index in [0.29, 0.717) is 19.1 Å². The second-order valence-electron chi connectivity index (χ2n) is 6.00. The lowest BCUT2D eigenvalue weighted by Gasteiger charge is -2.38. The van der Waals surface area contributed by atoms with E-state index in [2.05, 4.69) is 24.2 Å². The van der Waals surface area contributed by atoms with Gasteiger partial charge < -0.3 is 15.3 Å². The Bertz CT molecular complexity index is 275. The Hall–Kier alpha value is -0.610. The van der Waals surface area contributed by atoms with Gasteiger partial charge in [-0.05, 0) is 52.1 Å². The van der Waals surface area contributed by atoms with Crippen LogP contribution in [0.2, 0.25) is 0 Å². The summed E-state index contributed by atoms with van der Waals surface area (Å²) in [5, 5.41) is 12.5. The summed E-state index contributed by atoms with van der Waals surface area (Å²) in [5.41, 5.74) is -0.841. The molecule has 0 aromatic heterocycles. The molecule has 1 unspecified atom stereocenters. The van der Waals surface area contributed by atoms with Gasteiger partial charge in [-0.3, -0.25) is 4.79 Å². The van der Waals surface area contributed by atoms with Crippen LogP contribution in [0.5, 0.6) is 0 Å². The third-order valence-corrected chi connectivity index (χ3v) is 4.21. The van der Waals surface area contributed by atoms with Crippen LogP contribution in [-0.2, 0) is 4.79 Å². The molecule has 0 aliphatic heterocycles. The van der Waals surface area contributed by atoms with Gasteiger partial charge in [0.2, 0.25) is 0 Å². The standard InChI is InChI=1S/C14H28N2O2/c1-5-15-14(3,13(17)18)10-16(4)12-8-6-11(2)7-9-12/h11-12,15H,5-10H2,1-4H3,(H,17,18). The van der Waals surface area contributed by atoms with E-state index in [9.17, 15) is 9.90 Å². The minimum Gasteiger partial charge on any atom is -0.480 e. The molecule has 0 amide bonds. The van der Waals surface area contributed by atoms with Crippen molar-refractivity contribution in [1.29, 1.82) is 0 Å². The summed E-state index contributed by atoms with van der Waals surface area (Å²) in [6, 6.07) is 0.540. The molecule has 0 aromatic rings. The number of carbonyl (C=O) groups is 1. The van der Waals surface area contributed by atoms with E-state index in [-0.39, 0.29) is 0 Å². The maximum atomic E-state index is 11.4. The van der Waals surface area contributed by atoms with Crippen molar-refractivity contribution in [2.45, 2.75) is 58.0 Å². The molecule has 4 nitrogen and oxygen atoms in total. The van der Waals surface area contributed by atoms with Crippen LogP contribution in [0.4, 0.5) is 0 Å². The molecule has 1 aliphatic rings. The van der Waals surface area contributed by atoms with Crippen molar-refractivity contribution in [3.8, 4) is 0 Å². The molecule has 106 valence electrons. The van der Waals surface area contributed by atoms with Gasteiger partial charge in [0.1, 0.15) is 5.54 Å². The Labute approximate surface area is 111 Å². The normalized spacial score (nSPS) is 28.1. The van der Waals surface area contributed by atoms with E-state index in [0.717, 1.165) is 5.92 Å². The predicted molar refractivity (Wildman–Crippen MR) is 73.8 cm³/mol. The quantitative estimate of drug-likeness (QED) is 0.762. The number of hydrogen-bond acceptors (Lipinski definition) is 3. The van der Waals surface area contributed by atoms with Crippen molar-refractivity contribution in [1.82, 2.24) is 10.2 Å². The maximum Gasteiger partial charge on any atom is 0.324 e. The first-order valence-electron chi connectivity index (χ1n) is 7.07. The van der Waals surface area contributed by atoms with E-state index >= 15 is 0 Å². The Morgan fingerprint density at radius 2 is 1.94 bits per heavy atom. The summed E-state index contributed by atoms with van der Waals surface area (Å²) in [7, 11) is 2.05. The number of nitrogens with zero attached hydrogens (tertiary/aromatic N) is 1. The molecule has 1 saturated carbocycles. The highest BCUT2D eigenvalue weighted by atomic mass is 16.4. The van der Waals surface area contributed by atoms with Gasteiger partial charge in [-0.2, -0.15) is 0 Å². The highest BCUT2D eigenvalue weighted by Gasteiger charge is 2.35. The van der Waals surface area contributed by atoms with E-state index in [1.165, 1.54) is 25.7 Å². The fourth-order valence-electron chi connectivity index (χ4n) is 2.90. The minimum absolute atomic E-state index is 0.540. The molecule has 1 fully saturated rings. The van der Waals surface area contributed by atoms with E-state index in [4.69, 9.17) is 0 Å². The first kappa shape index (κ1) is 15.4. The fourth-order valence-corrected chi connectivity index (χ4v) is 2.90. The number of carboxylic acid groups (broad SMARTS) is 1. The third kappa shape index (κ3) is 3.95. The molecule has 4 heteroatoms. The second kappa shape index (κ2) is 6.53. The van der Waals surface area contributed by atoms with Crippen LogP contribution in [0.1, 0.15) is 46.5 Å². The predicted octanol–water partition coefficient (Wildman–Crippen LogP) is 1.95. The average molecular weight is 256 g/mol. The molecule has 18 heavy (non-hydrogen) atoms. The first-order chi connectivity index (χ1) is 8.39. The number of nitrogens with one attached hydrogen (secondary N) is 1. The zero-order chi connectivity index (χ0) is 13.8. The SMILES string of the molecule is CCNC(C)(CN(C)C1CCC(C)CC1)C(=O)O. The molecular weight excluding hydrogens is 228 g/mol. The summed E-state index contributed by atoms with van der Waals surface area (Å²) in [6.45, 7) is 7.27. The molecule has 0 saturated heterocycles. The average Bonchev–Trinajstić information content (AvgIpc) is 2.29. The Morgan fingerprint density at radius 3 is 2.39 bits per heavy atom. The smallest absolute Gasteiger partial charge is 0.324 e. The zero-order valence-electron chi connectivity index (χ0n) is 12.2. The van der Waals surface area contributed by atoms with Gasteiger partial charge in [0.05, 0.1) is 0 Å². The third-order valence-electron chi connectivity index (χ3n) is 4.21. The Balaban J connectivity index is 2.56. The topological polar surface area (TPSA) is 52.6 Å². The first-order valence-corrected chi connectivity index (χ1v) is 7.07. The van der Waals surface area contributed by atoms with Gasteiger partial charge in [-0.1, -0.05) is 13.8 Å². The van der Waals surface area contributed by atoms with Crippen molar-refractivity contribution >= 4 is 5.97 Å². The molecule has 0 spiro atoms. The fraction of sp³-hybridized carbons (Fsp3) is 0.929. The summed E-state index contributed by atoms with van der Waals surface area (Å²) in [4.78, 5) is 13.6. The lowest BCUT2D eigenvalue weighted by atomic mass is 9.86. The van der Waals surface area contributed by atoms with Crippen LogP contribution in [0.3, 0.4) is 0 Å². The Morgan fingerprint density at radius 1 is 1.39 bits per heavy atom. The van der Waals surface area contributed by atoms with Crippen molar-refractivity contribution in [2.24, 2.45) is 5.92 Å². The molecule has 1 atom stereocenters. The van der Waals surface area contributed by atoms with Crippen LogP contribution < -0.4 is 5.32 Å². The molecule has 2 N–H and O–H groups in total. The van der Waals surface area contributed by atoms with E-state index in [1.54, 1.807) is 6.92 Å². The number of likely N-dealkylation sites (N-methyl/N-ethyl adjacent to an activating group) is 2. The van der Waals surface area contributed by atoms with Gasteiger partial charge in [0.25, 0.3) is 0 Å². The lowest BCUT2D eigenvalue weighted by molar-refractivity contribution is -0.145. The molecule has 0 aromatic carbocycles. The van der Waals surface area contributed by atoms with E-state index in [1.807, 2.05) is 6.92 Å². The maximum absolute atomic E-state index is 11.4. The summed E-state index contributed by atoms with van der Waals surface area (Å²) in [5.74, 6) is 0.0645. The molecule has 1 rings (SSSR count). The molecule has 0 bridgehead atoms. The number of carboxylic acids is 1. The molecular formula is C14H28N2O2. The van der Waals surface area contributed by atoms with E-state index < -0.39 is 11.5 Å². The number of aliphatic carboxylic acids is 1. The highest BCUT2D eigenvalue weighted by molar-refractivity contribution is 5.78. The van der Waals surface area contributed by atoms with Crippen molar-refractivity contribution in [2.75, 3.05) is 20.1 Å². The largest absolute Gasteiger partial charge is 0.480 e. The summed E-state index contributed by atoms with van der Waals surface area (Å²) < 4.78 is 0. The van der Waals surface area contributed by atoms with Gasteiger partial charge in [-0.25, -0.2) is 0 Å². The zero-order valence-corrected chi connectivity index (χ0v) is 12.2. The molecule has 1 aliphatic carbocycles. The minimum atomic E-state index is -0.841. The van der Waals surface area contributed by atoms with Gasteiger partial charge in [0.15, 0.2) is 0 Å². The second-order valence-corrected chi connectivity index (χ2v) is 6.00. The van der Waals surface area contributed by atoms with Crippen molar-refractivity contribution in [3.63, 3.8) is 0 Å². The van der Waals surface area contributed by atoms with Gasteiger partial charge >= 0.3 is 5.97 Å². The van der Waals surface area contributed by atoms with Gasteiger partial charge in [0, 0.05) is 12.6 Å². The number of hydrogen-bond donors (Lipinski definition) is 2. The van der Waals surface area contributed by atoms with Crippen molar-refractivity contribution in [3.05, 3.63) is 0 Å². The van der Waals surface area contributed by atoms with Crippen LogP contribution in [-0.4, -0.2) is 47.7 Å². The molecule has 0 heterocycles. The van der Waals surface area contributed by atoms with Crippen LogP contribution in [0.25, 0.3) is 0 Å². The highest BCUT2D eigenvalue weighted by Crippen LogP contribution is 2.27. The Kier molecular flexibility index (Phi) is 5.60. The summed E-state index contributed by atoms with van der Waals surface area (Å²) >= 11 is 0. The number of rotatable bonds is 6. The monoisotopic (exact) mass is 256 g/mol. The van der Waals surface area contributed by atoms with Crippen LogP contribution in [0, 0.1) is 5.92 Å². The van der Waals surface area contributed by atoms with Crippen LogP contribution in [0.15, 0.2) is 0 Å². The van der Waals surface area contributed by atoms with Crippen LogP contribution >= 0.6 is 0 Å². The van der Waals surface area contributed by atoms with Crippen molar-refractivity contribution < 1.29 is 9.90 Å². The molecule has 0 radical (unpaired) electrons. The van der Waals surface area contributed by atoms with Gasteiger partial charge in [-0.15, -0.1) is 0 Å². The lowest BCUT2D eigenvalue weighted by Crippen LogP contribution is -2.57.